The molecule has 0 radical (unpaired) electrons. The molecule has 0 bridgehead atoms. The topological polar surface area (TPSA) is 67.9 Å². The number of anilines is 1. The Labute approximate surface area is 148 Å². The summed E-state index contributed by atoms with van der Waals surface area (Å²) in [6, 6.07) is 7.75. The SMILES string of the molecule is O=C(COC[C@H]1CCCCO1)NCc1ccc(N2CCCC2=O)cc1. The van der Waals surface area contributed by atoms with Crippen molar-refractivity contribution in [2.45, 2.75) is 44.8 Å². The molecule has 2 fully saturated rings. The first-order chi connectivity index (χ1) is 12.2. The van der Waals surface area contributed by atoms with E-state index >= 15 is 0 Å². The number of hydrogen-bond donors (Lipinski definition) is 1. The molecule has 1 aromatic rings. The van der Waals surface area contributed by atoms with Crippen LogP contribution in [-0.2, 0) is 25.6 Å². The van der Waals surface area contributed by atoms with E-state index in [9.17, 15) is 9.59 Å². The van der Waals surface area contributed by atoms with E-state index in [1.54, 1.807) is 0 Å². The molecule has 0 spiro atoms. The standard InChI is InChI=1S/C19H26N2O4/c22-18(14-24-13-17-4-1-2-11-25-17)20-12-15-6-8-16(9-7-15)21-10-3-5-19(21)23/h6-9,17H,1-5,10-14H2,(H,20,22)/t17-/m1/s1. The van der Waals surface area contributed by atoms with Crippen LogP contribution < -0.4 is 10.2 Å². The summed E-state index contributed by atoms with van der Waals surface area (Å²) < 4.78 is 11.0. The zero-order valence-electron chi connectivity index (χ0n) is 14.5. The van der Waals surface area contributed by atoms with Gasteiger partial charge in [-0.15, -0.1) is 0 Å². The van der Waals surface area contributed by atoms with Crippen molar-refractivity contribution in [3.63, 3.8) is 0 Å². The van der Waals surface area contributed by atoms with E-state index in [0.29, 0.717) is 19.6 Å². The minimum absolute atomic E-state index is 0.0558. The minimum Gasteiger partial charge on any atom is -0.376 e. The molecular weight excluding hydrogens is 320 g/mol. The van der Waals surface area contributed by atoms with Gasteiger partial charge in [-0.3, -0.25) is 9.59 Å². The van der Waals surface area contributed by atoms with Gasteiger partial charge in [0.1, 0.15) is 6.61 Å². The molecule has 6 nitrogen and oxygen atoms in total. The summed E-state index contributed by atoms with van der Waals surface area (Å²) in [5, 5.41) is 2.85. The Kier molecular flexibility index (Phi) is 6.42. The second kappa shape index (κ2) is 8.97. The molecule has 3 rings (SSSR count). The molecule has 1 N–H and O–H groups in total. The van der Waals surface area contributed by atoms with Gasteiger partial charge in [-0.2, -0.15) is 0 Å². The molecule has 6 heteroatoms. The molecule has 2 aliphatic heterocycles. The van der Waals surface area contributed by atoms with Crippen LogP contribution >= 0.6 is 0 Å². The number of rotatable bonds is 7. The van der Waals surface area contributed by atoms with Crippen LogP contribution in [0.4, 0.5) is 5.69 Å². The molecule has 0 aliphatic carbocycles. The normalized spacial score (nSPS) is 20.7. The summed E-state index contributed by atoms with van der Waals surface area (Å²) in [7, 11) is 0. The van der Waals surface area contributed by atoms with Gasteiger partial charge in [-0.1, -0.05) is 12.1 Å². The maximum absolute atomic E-state index is 11.8. The summed E-state index contributed by atoms with van der Waals surface area (Å²) in [6.45, 7) is 2.57. The third-order valence-electron chi connectivity index (χ3n) is 4.62. The maximum atomic E-state index is 11.8. The highest BCUT2D eigenvalue weighted by atomic mass is 16.5. The second-order valence-electron chi connectivity index (χ2n) is 6.60. The fourth-order valence-electron chi connectivity index (χ4n) is 3.19. The summed E-state index contributed by atoms with van der Waals surface area (Å²) >= 11 is 0. The zero-order chi connectivity index (χ0) is 17.5. The molecule has 0 aromatic heterocycles. The number of hydrogen-bond acceptors (Lipinski definition) is 4. The van der Waals surface area contributed by atoms with Crippen molar-refractivity contribution < 1.29 is 19.1 Å². The molecule has 2 saturated heterocycles. The van der Waals surface area contributed by atoms with Crippen molar-refractivity contribution in [3.05, 3.63) is 29.8 Å². The average Bonchev–Trinajstić information content (AvgIpc) is 3.07. The lowest BCUT2D eigenvalue weighted by molar-refractivity contribution is -0.128. The van der Waals surface area contributed by atoms with E-state index < -0.39 is 0 Å². The zero-order valence-corrected chi connectivity index (χ0v) is 14.5. The third-order valence-corrected chi connectivity index (χ3v) is 4.62. The first kappa shape index (κ1) is 17.9. The highest BCUT2D eigenvalue weighted by Gasteiger charge is 2.21. The molecular formula is C19H26N2O4. The Bertz CT molecular complexity index is 582. The summed E-state index contributed by atoms with van der Waals surface area (Å²) in [6.07, 6.45) is 4.96. The molecule has 2 amide bonds. The third kappa shape index (κ3) is 5.28. The first-order valence-corrected chi connectivity index (χ1v) is 9.08. The summed E-state index contributed by atoms with van der Waals surface area (Å²) in [4.78, 5) is 25.4. The fraction of sp³-hybridized carbons (Fsp3) is 0.579. The van der Waals surface area contributed by atoms with Crippen LogP contribution in [0.2, 0.25) is 0 Å². The molecule has 0 saturated carbocycles. The quantitative estimate of drug-likeness (QED) is 0.820. The summed E-state index contributed by atoms with van der Waals surface area (Å²) in [5.74, 6) is 0.0507. The van der Waals surface area contributed by atoms with Crippen molar-refractivity contribution in [1.82, 2.24) is 5.32 Å². The van der Waals surface area contributed by atoms with Crippen LogP contribution in [0.3, 0.4) is 0 Å². The van der Waals surface area contributed by atoms with Crippen LogP contribution in [0.25, 0.3) is 0 Å². The van der Waals surface area contributed by atoms with E-state index in [4.69, 9.17) is 9.47 Å². The molecule has 0 unspecified atom stereocenters. The lowest BCUT2D eigenvalue weighted by Crippen LogP contribution is -2.30. The van der Waals surface area contributed by atoms with Crippen LogP contribution in [-0.4, -0.2) is 44.3 Å². The molecule has 136 valence electrons. The number of carbonyl (C=O) groups is 2. The van der Waals surface area contributed by atoms with Crippen molar-refractivity contribution in [2.24, 2.45) is 0 Å². The van der Waals surface area contributed by atoms with Gasteiger partial charge in [0, 0.05) is 31.8 Å². The predicted octanol–water partition coefficient (Wildman–Crippen LogP) is 2.02. The van der Waals surface area contributed by atoms with Gasteiger partial charge in [0.05, 0.1) is 12.7 Å². The van der Waals surface area contributed by atoms with E-state index in [2.05, 4.69) is 5.32 Å². The monoisotopic (exact) mass is 346 g/mol. The van der Waals surface area contributed by atoms with Crippen LogP contribution in [0, 0.1) is 0 Å². The Hall–Kier alpha value is -1.92. The van der Waals surface area contributed by atoms with E-state index in [0.717, 1.165) is 43.7 Å². The van der Waals surface area contributed by atoms with Crippen molar-refractivity contribution in [1.29, 1.82) is 0 Å². The van der Waals surface area contributed by atoms with Crippen LogP contribution in [0.1, 0.15) is 37.7 Å². The Morgan fingerprint density at radius 1 is 1.24 bits per heavy atom. The lowest BCUT2D eigenvalue weighted by Gasteiger charge is -2.22. The number of carbonyl (C=O) groups excluding carboxylic acids is 2. The molecule has 1 aromatic carbocycles. The minimum atomic E-state index is -0.130. The van der Waals surface area contributed by atoms with Crippen LogP contribution in [0.15, 0.2) is 24.3 Å². The molecule has 2 aliphatic rings. The van der Waals surface area contributed by atoms with Gasteiger partial charge < -0.3 is 19.7 Å². The Morgan fingerprint density at radius 3 is 2.76 bits per heavy atom. The smallest absolute Gasteiger partial charge is 0.246 e. The largest absolute Gasteiger partial charge is 0.376 e. The van der Waals surface area contributed by atoms with Gasteiger partial charge in [0.15, 0.2) is 0 Å². The average molecular weight is 346 g/mol. The summed E-state index contributed by atoms with van der Waals surface area (Å²) in [5.41, 5.74) is 1.92. The predicted molar refractivity (Wildman–Crippen MR) is 94.3 cm³/mol. The number of amides is 2. The second-order valence-corrected chi connectivity index (χ2v) is 6.60. The van der Waals surface area contributed by atoms with Crippen molar-refractivity contribution in [2.75, 3.05) is 31.3 Å². The number of ether oxygens (including phenoxy) is 2. The van der Waals surface area contributed by atoms with E-state index in [1.807, 2.05) is 29.2 Å². The van der Waals surface area contributed by atoms with Gasteiger partial charge in [-0.25, -0.2) is 0 Å². The molecule has 1 atom stereocenters. The molecule has 25 heavy (non-hydrogen) atoms. The van der Waals surface area contributed by atoms with Gasteiger partial charge in [0.2, 0.25) is 11.8 Å². The first-order valence-electron chi connectivity index (χ1n) is 9.08. The van der Waals surface area contributed by atoms with Crippen LogP contribution in [0.5, 0.6) is 0 Å². The number of benzene rings is 1. The number of nitrogens with one attached hydrogen (secondary N) is 1. The Balaban J connectivity index is 1.36. The highest BCUT2D eigenvalue weighted by Crippen LogP contribution is 2.21. The lowest BCUT2D eigenvalue weighted by atomic mass is 10.1. The highest BCUT2D eigenvalue weighted by molar-refractivity contribution is 5.95. The molecule has 2 heterocycles. The van der Waals surface area contributed by atoms with Crippen molar-refractivity contribution >= 4 is 17.5 Å². The van der Waals surface area contributed by atoms with E-state index in [-0.39, 0.29) is 24.5 Å². The Morgan fingerprint density at radius 2 is 2.08 bits per heavy atom. The maximum Gasteiger partial charge on any atom is 0.246 e. The van der Waals surface area contributed by atoms with Gasteiger partial charge in [-0.05, 0) is 43.4 Å². The van der Waals surface area contributed by atoms with E-state index in [1.165, 1.54) is 6.42 Å². The van der Waals surface area contributed by atoms with Crippen molar-refractivity contribution in [3.8, 4) is 0 Å². The van der Waals surface area contributed by atoms with Gasteiger partial charge >= 0.3 is 0 Å². The fourth-order valence-corrected chi connectivity index (χ4v) is 3.19. The van der Waals surface area contributed by atoms with Gasteiger partial charge in [0.25, 0.3) is 0 Å². The number of nitrogens with zero attached hydrogens (tertiary/aromatic N) is 1.